The van der Waals surface area contributed by atoms with Gasteiger partial charge in [-0.15, -0.1) is 0 Å². The molecule has 0 aromatic heterocycles. The van der Waals surface area contributed by atoms with E-state index in [2.05, 4.69) is 146 Å². The number of carbonyl (C=O) groups is 1. The Kier molecular flexibility index (Phi) is 5.92. The van der Waals surface area contributed by atoms with Crippen molar-refractivity contribution in [3.05, 3.63) is 202 Å². The highest BCUT2D eigenvalue weighted by atomic mass is 16.5. The summed E-state index contributed by atoms with van der Waals surface area (Å²) in [4.78, 5) is 16.9. The van der Waals surface area contributed by atoms with Crippen molar-refractivity contribution in [2.24, 2.45) is 0 Å². The van der Waals surface area contributed by atoms with Gasteiger partial charge in [0.2, 0.25) is 0 Å². The number of ketones is 1. The predicted octanol–water partition coefficient (Wildman–Crippen LogP) is 11.3. The van der Waals surface area contributed by atoms with Gasteiger partial charge in [-0.2, -0.15) is 0 Å². The average molecular weight is 670 g/mol. The number of fused-ring (bicyclic) bond motifs is 15. The lowest BCUT2D eigenvalue weighted by atomic mass is 9.63. The quantitative estimate of drug-likeness (QED) is 0.174. The van der Waals surface area contributed by atoms with Gasteiger partial charge in [0, 0.05) is 28.7 Å². The van der Waals surface area contributed by atoms with Gasteiger partial charge in [-0.25, -0.2) is 0 Å². The summed E-state index contributed by atoms with van der Waals surface area (Å²) in [6, 6.07) is 54.7. The fraction of sp³-hybridized carbons (Fsp3) is 0.122. The molecule has 7 aromatic carbocycles. The number of carbonyl (C=O) groups excluding carboxylic acids is 1. The molecule has 0 N–H and O–H groups in total. The summed E-state index contributed by atoms with van der Waals surface area (Å²) in [6.45, 7) is 5.22. The van der Waals surface area contributed by atoms with Gasteiger partial charge in [0.25, 0.3) is 0 Å². The number of anilines is 3. The van der Waals surface area contributed by atoms with Crippen LogP contribution in [-0.2, 0) is 17.3 Å². The molecule has 2 aliphatic heterocycles. The summed E-state index contributed by atoms with van der Waals surface area (Å²) in [6.07, 6.45) is 0.663. The number of ether oxygens (including phenoxy) is 1. The largest absolute Gasteiger partial charge is 0.492 e. The normalized spacial score (nSPS) is 16.2. The molecular formula is C49H35NO2. The fourth-order valence-electron chi connectivity index (χ4n) is 9.97. The van der Waals surface area contributed by atoms with Gasteiger partial charge in [-0.05, 0) is 86.0 Å². The molecule has 0 saturated carbocycles. The van der Waals surface area contributed by atoms with Gasteiger partial charge in [0.05, 0.1) is 29.0 Å². The number of benzene rings is 7. The van der Waals surface area contributed by atoms with Gasteiger partial charge in [-0.3, -0.25) is 4.79 Å². The second kappa shape index (κ2) is 10.4. The standard InChI is InChI=1S/C49H35NO2/c1-48(2)37-17-7-5-15-34(37)45-41(48)25-26-42-46(45)50(31-24-23-30-27-28-52-44-22-12-6-16-35(44)47(51)36(30)29-31)43-21-11-10-20-40(43)49(42)38-18-8-3-13-32(38)33-14-4-9-19-39(33)49/h3-26,29H,27-28H2,1-2H3. The van der Waals surface area contributed by atoms with Crippen LogP contribution in [0.2, 0.25) is 0 Å². The summed E-state index contributed by atoms with van der Waals surface area (Å²) in [5, 5.41) is 0. The Bertz CT molecular complexity index is 2640. The van der Waals surface area contributed by atoms with Crippen LogP contribution in [0, 0.1) is 0 Å². The smallest absolute Gasteiger partial charge is 0.197 e. The van der Waals surface area contributed by atoms with Crippen LogP contribution in [0.1, 0.15) is 68.7 Å². The van der Waals surface area contributed by atoms with Crippen LogP contribution in [0.3, 0.4) is 0 Å². The van der Waals surface area contributed by atoms with Crippen LogP contribution in [0.5, 0.6) is 5.75 Å². The number of rotatable bonds is 1. The first-order chi connectivity index (χ1) is 25.5. The van der Waals surface area contributed by atoms with Gasteiger partial charge < -0.3 is 9.64 Å². The highest BCUT2D eigenvalue weighted by Crippen LogP contribution is 2.66. The Labute approximate surface area is 303 Å². The third-order valence-corrected chi connectivity index (χ3v) is 12.2. The molecule has 3 nitrogen and oxygen atoms in total. The molecule has 0 fully saturated rings. The first kappa shape index (κ1) is 29.5. The van der Waals surface area contributed by atoms with E-state index in [-0.39, 0.29) is 11.2 Å². The molecule has 1 spiro atoms. The molecule has 0 unspecified atom stereocenters. The monoisotopic (exact) mass is 669 g/mol. The molecule has 0 saturated heterocycles. The highest BCUT2D eigenvalue weighted by Gasteiger charge is 2.53. The molecule has 11 rings (SSSR count). The van der Waals surface area contributed by atoms with E-state index in [9.17, 15) is 4.79 Å². The Morgan fingerprint density at radius 1 is 0.538 bits per heavy atom. The van der Waals surface area contributed by atoms with Crippen molar-refractivity contribution in [2.75, 3.05) is 11.5 Å². The maximum Gasteiger partial charge on any atom is 0.197 e. The van der Waals surface area contributed by atoms with Crippen LogP contribution >= 0.6 is 0 Å². The molecule has 2 aliphatic carbocycles. The van der Waals surface area contributed by atoms with E-state index in [4.69, 9.17) is 4.74 Å². The van der Waals surface area contributed by atoms with E-state index in [1.165, 1.54) is 61.3 Å². The summed E-state index contributed by atoms with van der Waals surface area (Å²) >= 11 is 0. The van der Waals surface area contributed by atoms with Gasteiger partial charge in [0.15, 0.2) is 5.78 Å². The van der Waals surface area contributed by atoms with Crippen LogP contribution in [-0.4, -0.2) is 12.4 Å². The third-order valence-electron chi connectivity index (χ3n) is 12.2. The maximum atomic E-state index is 14.4. The molecule has 4 aliphatic rings. The van der Waals surface area contributed by atoms with E-state index in [0.717, 1.165) is 22.5 Å². The molecular weight excluding hydrogens is 635 g/mol. The lowest BCUT2D eigenvalue weighted by Crippen LogP contribution is -2.36. The summed E-state index contributed by atoms with van der Waals surface area (Å²) in [5.41, 5.74) is 17.8. The van der Waals surface area contributed by atoms with E-state index < -0.39 is 5.41 Å². The lowest BCUT2D eigenvalue weighted by molar-refractivity contribution is 0.103. The zero-order valence-electron chi connectivity index (χ0n) is 29.1. The van der Waals surface area contributed by atoms with E-state index in [1.807, 2.05) is 24.3 Å². The molecule has 0 bridgehead atoms. The second-order valence-corrected chi connectivity index (χ2v) is 15.0. The SMILES string of the molecule is CC1(C)c2ccccc2-c2c1ccc1c2N(c2ccc3c(c2)C(=O)c2ccccc2OCC3)c2ccccc2C12c1ccccc1-c1ccccc12. The topological polar surface area (TPSA) is 29.5 Å². The van der Waals surface area contributed by atoms with Gasteiger partial charge in [-0.1, -0.05) is 135 Å². The molecule has 0 atom stereocenters. The molecule has 7 aromatic rings. The minimum absolute atomic E-state index is 0.00226. The van der Waals surface area contributed by atoms with Crippen LogP contribution < -0.4 is 9.64 Å². The van der Waals surface area contributed by atoms with Crippen LogP contribution in [0.15, 0.2) is 152 Å². The zero-order valence-corrected chi connectivity index (χ0v) is 29.1. The Balaban J connectivity index is 1.27. The predicted molar refractivity (Wildman–Crippen MR) is 209 cm³/mol. The van der Waals surface area contributed by atoms with Gasteiger partial charge >= 0.3 is 0 Å². The first-order valence-electron chi connectivity index (χ1n) is 18.3. The summed E-state index contributed by atoms with van der Waals surface area (Å²) in [7, 11) is 0. The Morgan fingerprint density at radius 2 is 1.13 bits per heavy atom. The van der Waals surface area contributed by atoms with Crippen molar-refractivity contribution in [1.29, 1.82) is 0 Å². The summed E-state index contributed by atoms with van der Waals surface area (Å²) < 4.78 is 6.08. The third kappa shape index (κ3) is 3.63. The lowest BCUT2D eigenvalue weighted by Gasteiger charge is -2.46. The minimum atomic E-state index is -0.540. The highest BCUT2D eigenvalue weighted by molar-refractivity contribution is 6.13. The van der Waals surface area contributed by atoms with Crippen molar-refractivity contribution in [3.63, 3.8) is 0 Å². The first-order valence-corrected chi connectivity index (χ1v) is 18.3. The van der Waals surface area contributed by atoms with E-state index in [1.54, 1.807) is 0 Å². The Morgan fingerprint density at radius 3 is 1.88 bits per heavy atom. The van der Waals surface area contributed by atoms with Crippen molar-refractivity contribution in [3.8, 4) is 28.0 Å². The maximum absolute atomic E-state index is 14.4. The number of hydrogen-bond donors (Lipinski definition) is 0. The summed E-state index contributed by atoms with van der Waals surface area (Å²) in [5.74, 6) is 0.645. The van der Waals surface area contributed by atoms with E-state index in [0.29, 0.717) is 24.3 Å². The van der Waals surface area contributed by atoms with Crippen LogP contribution in [0.4, 0.5) is 17.1 Å². The molecule has 3 heteroatoms. The van der Waals surface area contributed by atoms with Crippen molar-refractivity contribution < 1.29 is 9.53 Å². The van der Waals surface area contributed by atoms with Crippen LogP contribution in [0.25, 0.3) is 22.3 Å². The number of para-hydroxylation sites is 2. The number of hydrogen-bond acceptors (Lipinski definition) is 3. The number of nitrogens with zero attached hydrogens (tertiary/aromatic N) is 1. The van der Waals surface area contributed by atoms with Crippen molar-refractivity contribution in [2.45, 2.75) is 31.1 Å². The zero-order chi connectivity index (χ0) is 34.8. The average Bonchev–Trinajstić information content (AvgIpc) is 3.61. The molecule has 2 heterocycles. The van der Waals surface area contributed by atoms with Crippen molar-refractivity contribution >= 4 is 22.8 Å². The molecule has 248 valence electrons. The van der Waals surface area contributed by atoms with Gasteiger partial charge in [0.1, 0.15) is 5.75 Å². The fourth-order valence-corrected chi connectivity index (χ4v) is 9.97. The minimum Gasteiger partial charge on any atom is -0.492 e. The Hall–Kier alpha value is -6.19. The molecule has 0 amide bonds. The molecule has 0 radical (unpaired) electrons. The van der Waals surface area contributed by atoms with E-state index >= 15 is 0 Å². The molecule has 52 heavy (non-hydrogen) atoms. The van der Waals surface area contributed by atoms with Crippen molar-refractivity contribution in [1.82, 2.24) is 0 Å². The second-order valence-electron chi connectivity index (χ2n) is 15.0.